The van der Waals surface area contributed by atoms with Crippen molar-refractivity contribution >= 4 is 34.9 Å². The first kappa shape index (κ1) is 25.4. The van der Waals surface area contributed by atoms with E-state index in [0.29, 0.717) is 32.8 Å². The summed E-state index contributed by atoms with van der Waals surface area (Å²) in [6.45, 7) is 9.50. The molecule has 13 heteroatoms. The number of alkyl halides is 3. The van der Waals surface area contributed by atoms with Gasteiger partial charge in [-0.25, -0.2) is 22.7 Å². The number of ether oxygens (including phenoxy) is 1. The Bertz CT molecular complexity index is 1120. The molecule has 0 amide bonds. The minimum absolute atomic E-state index is 0.0336. The van der Waals surface area contributed by atoms with Crippen LogP contribution >= 0.6 is 0 Å². The van der Waals surface area contributed by atoms with Crippen molar-refractivity contribution in [3.63, 3.8) is 0 Å². The Hall–Kier alpha value is -1.70. The number of aromatic nitrogens is 3. The molecule has 0 aliphatic carbocycles. The first-order valence-electron chi connectivity index (χ1n) is 11.5. The van der Waals surface area contributed by atoms with Gasteiger partial charge in [0.2, 0.25) is 10.0 Å². The maximum absolute atomic E-state index is 12.7. The van der Waals surface area contributed by atoms with E-state index in [9.17, 15) is 21.6 Å². The molecule has 8 nitrogen and oxygen atoms in total. The summed E-state index contributed by atoms with van der Waals surface area (Å²) >= 11 is 0. The number of hydrogen-bond donors (Lipinski definition) is 0. The summed E-state index contributed by atoms with van der Waals surface area (Å²) in [5.41, 5.74) is 0.765. The lowest BCUT2D eigenvalue weighted by Gasteiger charge is -2.35. The van der Waals surface area contributed by atoms with Crippen LogP contribution in [0.5, 0.6) is 0 Å². The molecule has 190 valence electrons. The number of sulfonamides is 1. The topological polar surface area (TPSA) is 80.6 Å². The van der Waals surface area contributed by atoms with Crippen LogP contribution in [0.2, 0.25) is 25.7 Å². The van der Waals surface area contributed by atoms with E-state index in [-0.39, 0.29) is 24.9 Å². The van der Waals surface area contributed by atoms with Crippen molar-refractivity contribution in [2.45, 2.75) is 45.0 Å². The molecule has 0 bridgehead atoms. The predicted octanol–water partition coefficient (Wildman–Crippen LogP) is 3.39. The number of anilines is 1. The van der Waals surface area contributed by atoms with Gasteiger partial charge >= 0.3 is 6.18 Å². The Balaban J connectivity index is 1.43. The highest BCUT2D eigenvalue weighted by Crippen LogP contribution is 2.36. The van der Waals surface area contributed by atoms with Gasteiger partial charge in [0.25, 0.3) is 0 Å². The fourth-order valence-electron chi connectivity index (χ4n) is 4.73. The second kappa shape index (κ2) is 9.39. The fourth-order valence-corrected chi connectivity index (χ4v) is 6.92. The van der Waals surface area contributed by atoms with Crippen molar-refractivity contribution in [1.82, 2.24) is 18.8 Å². The van der Waals surface area contributed by atoms with Gasteiger partial charge in [-0.2, -0.15) is 13.2 Å². The summed E-state index contributed by atoms with van der Waals surface area (Å²) in [6.07, 6.45) is -0.604. The van der Waals surface area contributed by atoms with Crippen molar-refractivity contribution in [1.29, 1.82) is 0 Å². The monoisotopic (exact) mass is 519 g/mol. The van der Waals surface area contributed by atoms with Gasteiger partial charge in [0.15, 0.2) is 5.75 Å². The summed E-state index contributed by atoms with van der Waals surface area (Å²) in [6, 6.07) is 3.03. The molecule has 2 aromatic rings. The molecule has 0 unspecified atom stereocenters. The zero-order valence-corrected chi connectivity index (χ0v) is 21.6. The molecule has 2 saturated heterocycles. The van der Waals surface area contributed by atoms with E-state index in [2.05, 4.69) is 34.5 Å². The van der Waals surface area contributed by atoms with E-state index >= 15 is 0 Å². The number of nitrogens with zero attached hydrogens (tertiary/aromatic N) is 5. The molecule has 2 aliphatic rings. The van der Waals surface area contributed by atoms with Gasteiger partial charge < -0.3 is 14.2 Å². The lowest BCUT2D eigenvalue weighted by Crippen LogP contribution is -2.40. The largest absolute Gasteiger partial charge is 0.404 e. The van der Waals surface area contributed by atoms with Crippen LogP contribution in [0.3, 0.4) is 0 Å². The molecular weight excluding hydrogens is 487 g/mol. The van der Waals surface area contributed by atoms with Crippen molar-refractivity contribution in [2.24, 2.45) is 11.8 Å². The number of fused-ring (bicyclic) bond motifs is 2. The minimum Gasteiger partial charge on any atom is -0.361 e. The standard InChI is InChI=1S/C21H32F3N5O3SSi/c1-34(2,3)9-8-32-15-28-7-5-18-19(25-14-26-20(18)28)27-6-4-16-11-29(12-17(16)10-27)33(30,31)13-21(22,23)24/h5,7,14,16-17H,4,6,8-13,15H2,1-3H3/t16-,17+/m1/s1. The van der Waals surface area contributed by atoms with Crippen LogP contribution < -0.4 is 4.90 Å². The maximum Gasteiger partial charge on any atom is 0.404 e. The summed E-state index contributed by atoms with van der Waals surface area (Å²) in [7, 11) is -5.53. The zero-order valence-electron chi connectivity index (χ0n) is 19.8. The molecule has 2 aromatic heterocycles. The van der Waals surface area contributed by atoms with Gasteiger partial charge in [-0.05, 0) is 30.4 Å². The Morgan fingerprint density at radius 2 is 1.88 bits per heavy atom. The van der Waals surface area contributed by atoms with E-state index in [1.165, 1.54) is 6.33 Å². The number of rotatable bonds is 8. The molecule has 34 heavy (non-hydrogen) atoms. The van der Waals surface area contributed by atoms with E-state index in [1.807, 2.05) is 16.8 Å². The lowest BCUT2D eigenvalue weighted by atomic mass is 9.88. The van der Waals surface area contributed by atoms with E-state index < -0.39 is 30.0 Å². The average molecular weight is 520 g/mol. The SMILES string of the molecule is C[Si](C)(C)CCOCn1ccc2c(N3CC[C@@H]4CN(S(=O)(=O)CC(F)(F)F)C[C@@H]4C3)ncnc21. The summed E-state index contributed by atoms with van der Waals surface area (Å²) in [4.78, 5) is 11.0. The second-order valence-electron chi connectivity index (χ2n) is 10.5. The fraction of sp³-hybridized carbons (Fsp3) is 0.714. The smallest absolute Gasteiger partial charge is 0.361 e. The second-order valence-corrected chi connectivity index (χ2v) is 18.1. The molecule has 0 spiro atoms. The Morgan fingerprint density at radius 1 is 1.15 bits per heavy atom. The Labute approximate surface area is 199 Å². The molecule has 0 aromatic carbocycles. The Kier molecular flexibility index (Phi) is 7.02. The average Bonchev–Trinajstić information content (AvgIpc) is 3.33. The van der Waals surface area contributed by atoms with Crippen LogP contribution in [-0.2, 0) is 21.5 Å². The van der Waals surface area contributed by atoms with Gasteiger partial charge in [0, 0.05) is 47.1 Å². The summed E-state index contributed by atoms with van der Waals surface area (Å²) in [5.74, 6) is -1.01. The van der Waals surface area contributed by atoms with Gasteiger partial charge in [-0.15, -0.1) is 0 Å². The minimum atomic E-state index is -4.74. The predicted molar refractivity (Wildman–Crippen MR) is 127 cm³/mol. The van der Waals surface area contributed by atoms with Crippen LogP contribution in [0.15, 0.2) is 18.6 Å². The third kappa shape index (κ3) is 5.92. The number of halogens is 3. The molecule has 0 N–H and O–H groups in total. The highest BCUT2D eigenvalue weighted by molar-refractivity contribution is 7.89. The van der Waals surface area contributed by atoms with Gasteiger partial charge in [-0.1, -0.05) is 19.6 Å². The molecule has 2 aliphatic heterocycles. The zero-order chi connectivity index (χ0) is 24.7. The third-order valence-electron chi connectivity index (χ3n) is 6.57. The van der Waals surface area contributed by atoms with Crippen LogP contribution in [0.1, 0.15) is 6.42 Å². The molecular formula is C21H32F3N5O3SSi. The molecule has 4 rings (SSSR count). The first-order valence-corrected chi connectivity index (χ1v) is 16.8. The highest BCUT2D eigenvalue weighted by Gasteiger charge is 2.45. The first-order chi connectivity index (χ1) is 15.8. The van der Waals surface area contributed by atoms with Crippen LogP contribution in [-0.4, -0.2) is 80.0 Å². The normalized spacial score (nSPS) is 22.5. The summed E-state index contributed by atoms with van der Waals surface area (Å²) < 4.78 is 71.5. The van der Waals surface area contributed by atoms with Gasteiger partial charge in [0.05, 0.1) is 5.39 Å². The molecule has 0 radical (unpaired) electrons. The lowest BCUT2D eigenvalue weighted by molar-refractivity contribution is -0.107. The summed E-state index contributed by atoms with van der Waals surface area (Å²) in [5, 5.41) is 0.884. The Morgan fingerprint density at radius 3 is 2.59 bits per heavy atom. The van der Waals surface area contributed by atoms with Crippen LogP contribution in [0.25, 0.3) is 11.0 Å². The van der Waals surface area contributed by atoms with Crippen LogP contribution in [0.4, 0.5) is 19.0 Å². The van der Waals surface area contributed by atoms with E-state index in [0.717, 1.165) is 27.2 Å². The maximum atomic E-state index is 12.7. The van der Waals surface area contributed by atoms with E-state index in [4.69, 9.17) is 4.74 Å². The number of piperidine rings is 1. The van der Waals surface area contributed by atoms with Gasteiger partial charge in [-0.3, -0.25) is 0 Å². The van der Waals surface area contributed by atoms with Gasteiger partial charge in [0.1, 0.15) is 24.5 Å². The van der Waals surface area contributed by atoms with Crippen molar-refractivity contribution < 1.29 is 26.3 Å². The van der Waals surface area contributed by atoms with Crippen molar-refractivity contribution in [3.8, 4) is 0 Å². The van der Waals surface area contributed by atoms with Crippen LogP contribution in [0, 0.1) is 11.8 Å². The van der Waals surface area contributed by atoms with E-state index in [1.54, 1.807) is 0 Å². The molecule has 4 heterocycles. The number of hydrogen-bond acceptors (Lipinski definition) is 6. The molecule has 2 atom stereocenters. The van der Waals surface area contributed by atoms with Crippen molar-refractivity contribution in [3.05, 3.63) is 18.6 Å². The van der Waals surface area contributed by atoms with Crippen molar-refractivity contribution in [2.75, 3.05) is 43.4 Å². The molecule has 2 fully saturated rings. The quantitative estimate of drug-likeness (QED) is 0.393. The highest BCUT2D eigenvalue weighted by atomic mass is 32.2. The third-order valence-corrected chi connectivity index (χ3v) is 10.0. The molecule has 0 saturated carbocycles.